The molecule has 0 radical (unpaired) electrons. The predicted molar refractivity (Wildman–Crippen MR) is 56.0 cm³/mol. The Morgan fingerprint density at radius 2 is 2.33 bits per heavy atom. The van der Waals surface area contributed by atoms with Crippen LogP contribution in [0, 0.1) is 6.92 Å². The molecule has 0 saturated heterocycles. The van der Waals surface area contributed by atoms with Gasteiger partial charge in [-0.2, -0.15) is 5.10 Å². The van der Waals surface area contributed by atoms with E-state index in [0.29, 0.717) is 4.88 Å². The fourth-order valence-electron chi connectivity index (χ4n) is 1.41. The van der Waals surface area contributed by atoms with Crippen molar-refractivity contribution in [2.45, 2.75) is 6.92 Å². The van der Waals surface area contributed by atoms with Gasteiger partial charge in [0.2, 0.25) is 0 Å². The van der Waals surface area contributed by atoms with Crippen molar-refractivity contribution < 1.29 is 9.90 Å². The summed E-state index contributed by atoms with van der Waals surface area (Å²) in [6.07, 6.45) is 1.80. The maximum Gasteiger partial charge on any atom is 0.356 e. The number of hydrogen-bond donors (Lipinski definition) is 1. The molecule has 0 amide bonds. The Morgan fingerprint density at radius 3 is 2.87 bits per heavy atom. The lowest BCUT2D eigenvalue weighted by atomic mass is 10.2. The topological polar surface area (TPSA) is 68.0 Å². The molecule has 0 fully saturated rings. The van der Waals surface area contributed by atoms with Crippen molar-refractivity contribution in [3.8, 4) is 10.4 Å². The number of aromatic nitrogens is 3. The van der Waals surface area contributed by atoms with E-state index in [-0.39, 0.29) is 5.69 Å². The van der Waals surface area contributed by atoms with Crippen LogP contribution in [-0.2, 0) is 7.05 Å². The summed E-state index contributed by atoms with van der Waals surface area (Å²) < 4.78 is 1.66. The molecule has 0 atom stereocenters. The Labute approximate surface area is 90.0 Å². The molecule has 0 spiro atoms. The molecular formula is C9H9N3O2S. The van der Waals surface area contributed by atoms with Gasteiger partial charge in [-0.1, -0.05) is 0 Å². The Balaban J connectivity index is 2.58. The Hall–Kier alpha value is -1.69. The number of nitrogens with zero attached hydrogens (tertiary/aromatic N) is 3. The maximum absolute atomic E-state index is 10.9. The van der Waals surface area contributed by atoms with Crippen LogP contribution in [0.3, 0.4) is 0 Å². The first-order chi connectivity index (χ1) is 7.09. The average molecular weight is 223 g/mol. The summed E-state index contributed by atoms with van der Waals surface area (Å²) in [5.41, 5.74) is 3.27. The third kappa shape index (κ3) is 1.63. The van der Waals surface area contributed by atoms with Crippen LogP contribution in [0.1, 0.15) is 16.2 Å². The molecule has 78 valence electrons. The number of thiazole rings is 1. The molecule has 1 N–H and O–H groups in total. The van der Waals surface area contributed by atoms with Crippen molar-refractivity contribution in [2.24, 2.45) is 7.05 Å². The van der Waals surface area contributed by atoms with Gasteiger partial charge in [-0.3, -0.25) is 4.68 Å². The monoisotopic (exact) mass is 223 g/mol. The molecule has 0 unspecified atom stereocenters. The molecule has 0 aromatic carbocycles. The first-order valence-corrected chi connectivity index (χ1v) is 5.15. The van der Waals surface area contributed by atoms with Crippen LogP contribution >= 0.6 is 11.3 Å². The SMILES string of the molecule is Cc1nn(C)cc1-c1scnc1C(=O)O. The molecule has 2 heterocycles. The number of carboxylic acids is 1. The minimum Gasteiger partial charge on any atom is -0.476 e. The molecule has 2 aromatic rings. The molecule has 0 bridgehead atoms. The zero-order valence-corrected chi connectivity index (χ0v) is 9.08. The van der Waals surface area contributed by atoms with E-state index >= 15 is 0 Å². The van der Waals surface area contributed by atoms with Crippen LogP contribution in [0.4, 0.5) is 0 Å². The van der Waals surface area contributed by atoms with Gasteiger partial charge >= 0.3 is 5.97 Å². The molecule has 0 saturated carbocycles. The molecule has 0 aliphatic carbocycles. The third-order valence-electron chi connectivity index (χ3n) is 2.03. The number of aromatic carboxylic acids is 1. The van der Waals surface area contributed by atoms with E-state index in [1.165, 1.54) is 16.8 Å². The highest BCUT2D eigenvalue weighted by atomic mass is 32.1. The highest BCUT2D eigenvalue weighted by Gasteiger charge is 2.18. The fourth-order valence-corrected chi connectivity index (χ4v) is 2.25. The number of rotatable bonds is 2. The number of carboxylic acid groups (broad SMARTS) is 1. The van der Waals surface area contributed by atoms with E-state index in [1.54, 1.807) is 17.9 Å². The van der Waals surface area contributed by atoms with Gasteiger partial charge in [0.05, 0.1) is 16.1 Å². The van der Waals surface area contributed by atoms with Gasteiger partial charge in [0.25, 0.3) is 0 Å². The largest absolute Gasteiger partial charge is 0.476 e. The lowest BCUT2D eigenvalue weighted by Crippen LogP contribution is -1.98. The van der Waals surface area contributed by atoms with Crippen LogP contribution in [-0.4, -0.2) is 25.8 Å². The first kappa shape index (κ1) is 9.85. The Morgan fingerprint density at radius 1 is 1.60 bits per heavy atom. The first-order valence-electron chi connectivity index (χ1n) is 4.27. The van der Waals surface area contributed by atoms with E-state index in [2.05, 4.69) is 10.1 Å². The molecule has 5 nitrogen and oxygen atoms in total. The molecular weight excluding hydrogens is 214 g/mol. The van der Waals surface area contributed by atoms with E-state index in [4.69, 9.17) is 5.11 Å². The second-order valence-corrected chi connectivity index (χ2v) is 3.99. The van der Waals surface area contributed by atoms with Gasteiger partial charge < -0.3 is 5.11 Å². The Bertz CT molecular complexity index is 515. The number of hydrogen-bond acceptors (Lipinski definition) is 4. The highest BCUT2D eigenvalue weighted by molar-refractivity contribution is 7.13. The van der Waals surface area contributed by atoms with Gasteiger partial charge in [0, 0.05) is 18.8 Å². The van der Waals surface area contributed by atoms with Crippen molar-refractivity contribution in [1.29, 1.82) is 0 Å². The molecule has 0 aliphatic heterocycles. The normalized spacial score (nSPS) is 10.5. The smallest absolute Gasteiger partial charge is 0.356 e. The maximum atomic E-state index is 10.9. The van der Waals surface area contributed by atoms with Crippen LogP contribution in [0.25, 0.3) is 10.4 Å². The molecule has 15 heavy (non-hydrogen) atoms. The zero-order chi connectivity index (χ0) is 11.0. The van der Waals surface area contributed by atoms with Gasteiger partial charge in [0.15, 0.2) is 5.69 Å². The van der Waals surface area contributed by atoms with E-state index in [0.717, 1.165) is 11.3 Å². The van der Waals surface area contributed by atoms with Crippen LogP contribution in [0.2, 0.25) is 0 Å². The molecule has 2 aromatic heterocycles. The van der Waals surface area contributed by atoms with Crippen molar-refractivity contribution in [3.63, 3.8) is 0 Å². The molecule has 0 aliphatic rings. The van der Waals surface area contributed by atoms with Crippen LogP contribution in [0.15, 0.2) is 11.7 Å². The summed E-state index contributed by atoms with van der Waals surface area (Å²) >= 11 is 1.31. The lowest BCUT2D eigenvalue weighted by molar-refractivity contribution is 0.0692. The minimum absolute atomic E-state index is 0.0936. The summed E-state index contributed by atoms with van der Waals surface area (Å²) in [6, 6.07) is 0. The minimum atomic E-state index is -1.01. The van der Waals surface area contributed by atoms with Gasteiger partial charge in [-0.25, -0.2) is 9.78 Å². The summed E-state index contributed by atoms with van der Waals surface area (Å²) in [7, 11) is 1.80. The van der Waals surface area contributed by atoms with E-state index < -0.39 is 5.97 Å². The van der Waals surface area contributed by atoms with Crippen LogP contribution < -0.4 is 0 Å². The van der Waals surface area contributed by atoms with Crippen molar-refractivity contribution in [3.05, 3.63) is 23.1 Å². The van der Waals surface area contributed by atoms with Crippen LogP contribution in [0.5, 0.6) is 0 Å². The van der Waals surface area contributed by atoms with Gasteiger partial charge in [0.1, 0.15) is 0 Å². The fraction of sp³-hybridized carbons (Fsp3) is 0.222. The van der Waals surface area contributed by atoms with E-state index in [1.807, 2.05) is 6.92 Å². The summed E-state index contributed by atoms with van der Waals surface area (Å²) in [4.78, 5) is 15.4. The molecule has 6 heteroatoms. The highest BCUT2D eigenvalue weighted by Crippen LogP contribution is 2.29. The lowest BCUT2D eigenvalue weighted by Gasteiger charge is -1.94. The molecule has 2 rings (SSSR count). The Kier molecular flexibility index (Phi) is 2.28. The third-order valence-corrected chi connectivity index (χ3v) is 2.89. The second kappa shape index (κ2) is 3.47. The van der Waals surface area contributed by atoms with Crippen molar-refractivity contribution in [2.75, 3.05) is 0 Å². The summed E-state index contributed by atoms with van der Waals surface area (Å²) in [6.45, 7) is 1.85. The number of carbonyl (C=O) groups is 1. The number of aryl methyl sites for hydroxylation is 2. The van der Waals surface area contributed by atoms with E-state index in [9.17, 15) is 4.79 Å². The predicted octanol–water partition coefficient (Wildman–Crippen LogP) is 1.55. The van der Waals surface area contributed by atoms with Gasteiger partial charge in [-0.15, -0.1) is 11.3 Å². The summed E-state index contributed by atoms with van der Waals surface area (Å²) in [5.74, 6) is -1.01. The van der Waals surface area contributed by atoms with Crippen molar-refractivity contribution >= 4 is 17.3 Å². The second-order valence-electron chi connectivity index (χ2n) is 3.14. The van der Waals surface area contributed by atoms with Gasteiger partial charge in [-0.05, 0) is 6.92 Å². The summed E-state index contributed by atoms with van der Waals surface area (Å²) in [5, 5.41) is 13.1. The van der Waals surface area contributed by atoms with Crippen molar-refractivity contribution in [1.82, 2.24) is 14.8 Å². The average Bonchev–Trinajstić information content (AvgIpc) is 2.71. The quantitative estimate of drug-likeness (QED) is 0.838. The standard InChI is InChI=1S/C9H9N3O2S/c1-5-6(3-12(2)11-5)8-7(9(13)14)10-4-15-8/h3-4H,1-2H3,(H,13,14). The zero-order valence-electron chi connectivity index (χ0n) is 8.26.